The molecule has 0 spiro atoms. The predicted molar refractivity (Wildman–Crippen MR) is 167 cm³/mol. The molecular weight excluding hydrogens is 517 g/mol. The Balaban J connectivity index is 0.000000259. The van der Waals surface area contributed by atoms with Crippen molar-refractivity contribution in [1.29, 1.82) is 0 Å². The molecular formula is C34H58FN3O3. The molecule has 1 N–H and O–H groups in total. The highest BCUT2D eigenvalue weighted by Crippen LogP contribution is 2.47. The van der Waals surface area contributed by atoms with E-state index in [9.17, 15) is 14.0 Å². The van der Waals surface area contributed by atoms with Crippen molar-refractivity contribution >= 4 is 12.5 Å². The minimum absolute atomic E-state index is 0.128. The van der Waals surface area contributed by atoms with Crippen molar-refractivity contribution in [2.45, 2.75) is 117 Å². The first-order valence-corrected chi connectivity index (χ1v) is 16.5. The van der Waals surface area contributed by atoms with E-state index in [1.807, 2.05) is 35.8 Å². The Hall–Kier alpha value is -2.15. The lowest BCUT2D eigenvalue weighted by Crippen LogP contribution is -2.51. The Morgan fingerprint density at radius 2 is 1.51 bits per heavy atom. The molecule has 41 heavy (non-hydrogen) atoms. The maximum absolute atomic E-state index is 12.6. The second kappa shape index (κ2) is 19.1. The zero-order valence-corrected chi connectivity index (χ0v) is 26.6. The van der Waals surface area contributed by atoms with Gasteiger partial charge < -0.3 is 19.9 Å². The first-order valence-electron chi connectivity index (χ1n) is 16.5. The highest BCUT2D eigenvalue weighted by atomic mass is 19.1. The molecule has 1 unspecified atom stereocenters. The van der Waals surface area contributed by atoms with E-state index in [2.05, 4.69) is 26.1 Å². The number of carbonyl (C=O) groups is 2. The summed E-state index contributed by atoms with van der Waals surface area (Å²) in [7, 11) is 0. The molecule has 4 aliphatic rings. The number of amides is 2. The van der Waals surface area contributed by atoms with Crippen LogP contribution in [0.15, 0.2) is 24.3 Å². The molecule has 2 heterocycles. The van der Waals surface area contributed by atoms with E-state index < -0.39 is 0 Å². The molecule has 5 rings (SSSR count). The fourth-order valence-electron chi connectivity index (χ4n) is 6.83. The molecule has 4 fully saturated rings. The molecule has 1 atom stereocenters. The number of ether oxygens (including phenoxy) is 1. The standard InChI is InChI=1S/C17H28N2O3.C11H13F.C4H11N.C2H6/c1-14-11-22-16(21)19(14)12-17(15-5-3-2-4-6-15)7-9-18(13-20)10-8-17;12-11-7-5-10(6-8-11)9-3-1-2-4-9;1-3-5-4-2;1-2/h13-15H,2-12H2,1H3;5-9H,1-4H2;5H,3-4H2,1-2H3;1-2H3. The maximum Gasteiger partial charge on any atom is 0.410 e. The molecule has 2 amide bonds. The zero-order chi connectivity index (χ0) is 30.1. The highest BCUT2D eigenvalue weighted by molar-refractivity contribution is 5.70. The Morgan fingerprint density at radius 1 is 0.951 bits per heavy atom. The summed E-state index contributed by atoms with van der Waals surface area (Å²) in [5.41, 5.74) is 1.49. The fraction of sp³-hybridized carbons (Fsp3) is 0.765. The second-order valence-electron chi connectivity index (χ2n) is 11.9. The number of carbonyl (C=O) groups excluding carboxylic acids is 2. The molecule has 2 aliphatic heterocycles. The molecule has 234 valence electrons. The molecule has 2 aliphatic carbocycles. The minimum Gasteiger partial charge on any atom is -0.447 e. The topological polar surface area (TPSA) is 61.9 Å². The van der Waals surface area contributed by atoms with Crippen molar-refractivity contribution < 1.29 is 18.7 Å². The van der Waals surface area contributed by atoms with Crippen molar-refractivity contribution in [2.24, 2.45) is 11.3 Å². The van der Waals surface area contributed by atoms with Gasteiger partial charge in [0.05, 0.1) is 6.04 Å². The smallest absolute Gasteiger partial charge is 0.410 e. The summed E-state index contributed by atoms with van der Waals surface area (Å²) in [6.07, 6.45) is 14.6. The van der Waals surface area contributed by atoms with Gasteiger partial charge in [-0.1, -0.05) is 71.9 Å². The summed E-state index contributed by atoms with van der Waals surface area (Å²) in [6.45, 7) is 15.4. The van der Waals surface area contributed by atoms with Crippen molar-refractivity contribution in [3.05, 3.63) is 35.6 Å². The van der Waals surface area contributed by atoms with Crippen LogP contribution >= 0.6 is 0 Å². The summed E-state index contributed by atoms with van der Waals surface area (Å²) in [5, 5.41) is 3.11. The summed E-state index contributed by atoms with van der Waals surface area (Å²) < 4.78 is 17.8. The first kappa shape index (κ1) is 35.0. The number of nitrogens with zero attached hydrogens (tertiary/aromatic N) is 2. The monoisotopic (exact) mass is 575 g/mol. The van der Waals surface area contributed by atoms with E-state index in [0.717, 1.165) is 52.0 Å². The number of hydrogen-bond acceptors (Lipinski definition) is 4. The van der Waals surface area contributed by atoms with Crippen molar-refractivity contribution in [1.82, 2.24) is 15.1 Å². The highest BCUT2D eigenvalue weighted by Gasteiger charge is 2.45. The quantitative estimate of drug-likeness (QED) is 0.337. The second-order valence-corrected chi connectivity index (χ2v) is 11.9. The maximum atomic E-state index is 12.6. The zero-order valence-electron chi connectivity index (χ0n) is 26.6. The van der Waals surface area contributed by atoms with E-state index in [1.165, 1.54) is 63.4 Å². The van der Waals surface area contributed by atoms with Crippen LogP contribution < -0.4 is 5.32 Å². The van der Waals surface area contributed by atoms with Crippen LogP contribution in [0.25, 0.3) is 0 Å². The Bertz CT molecular complexity index is 843. The lowest BCUT2D eigenvalue weighted by molar-refractivity contribution is -0.121. The third kappa shape index (κ3) is 10.9. The summed E-state index contributed by atoms with van der Waals surface area (Å²) >= 11 is 0. The van der Waals surface area contributed by atoms with Gasteiger partial charge in [0.2, 0.25) is 6.41 Å². The number of likely N-dealkylation sites (tertiary alicyclic amines) is 1. The number of rotatable bonds is 7. The average molecular weight is 576 g/mol. The Morgan fingerprint density at radius 3 is 1.98 bits per heavy atom. The van der Waals surface area contributed by atoms with Crippen LogP contribution in [-0.4, -0.2) is 67.7 Å². The number of nitrogens with one attached hydrogen (secondary N) is 1. The van der Waals surface area contributed by atoms with E-state index >= 15 is 0 Å². The molecule has 2 saturated heterocycles. The van der Waals surface area contributed by atoms with Gasteiger partial charge in [-0.3, -0.25) is 4.79 Å². The predicted octanol–water partition coefficient (Wildman–Crippen LogP) is 7.77. The molecule has 0 aromatic heterocycles. The van der Waals surface area contributed by atoms with Crippen LogP contribution in [0.3, 0.4) is 0 Å². The van der Waals surface area contributed by atoms with Gasteiger partial charge in [0.15, 0.2) is 0 Å². The molecule has 0 radical (unpaired) electrons. The summed E-state index contributed by atoms with van der Waals surface area (Å²) in [6, 6.07) is 7.15. The van der Waals surface area contributed by atoms with E-state index in [0.29, 0.717) is 18.4 Å². The lowest BCUT2D eigenvalue weighted by atomic mass is 9.63. The number of hydrogen-bond donors (Lipinski definition) is 1. The minimum atomic E-state index is -0.152. The fourth-order valence-corrected chi connectivity index (χ4v) is 6.83. The SMILES string of the molecule is CC.CC1COC(=O)N1CC1(C2CCCCC2)CCN(C=O)CC1.CCNCC.Fc1ccc(C2CCCC2)cc1. The van der Waals surface area contributed by atoms with Gasteiger partial charge in [0.1, 0.15) is 12.4 Å². The largest absolute Gasteiger partial charge is 0.447 e. The number of cyclic esters (lactones) is 1. The molecule has 6 nitrogen and oxygen atoms in total. The number of halogens is 1. The van der Waals surface area contributed by atoms with Gasteiger partial charge in [-0.2, -0.15) is 0 Å². The van der Waals surface area contributed by atoms with Gasteiger partial charge >= 0.3 is 6.09 Å². The molecule has 1 aromatic rings. The van der Waals surface area contributed by atoms with Crippen molar-refractivity contribution in [3.63, 3.8) is 0 Å². The van der Waals surface area contributed by atoms with Gasteiger partial charge in [-0.25, -0.2) is 9.18 Å². The van der Waals surface area contributed by atoms with Crippen molar-refractivity contribution in [2.75, 3.05) is 39.3 Å². The van der Waals surface area contributed by atoms with Crippen molar-refractivity contribution in [3.8, 4) is 0 Å². The summed E-state index contributed by atoms with van der Waals surface area (Å²) in [5.74, 6) is 1.26. The van der Waals surface area contributed by atoms with Crippen LogP contribution in [0.4, 0.5) is 9.18 Å². The van der Waals surface area contributed by atoms with Gasteiger partial charge in [0, 0.05) is 19.6 Å². The van der Waals surface area contributed by atoms with E-state index in [-0.39, 0.29) is 23.4 Å². The van der Waals surface area contributed by atoms with Gasteiger partial charge in [-0.15, -0.1) is 0 Å². The number of piperidine rings is 1. The number of benzene rings is 1. The van der Waals surface area contributed by atoms with E-state index in [4.69, 9.17) is 4.74 Å². The molecule has 7 heteroatoms. The van der Waals surface area contributed by atoms with Crippen LogP contribution in [0, 0.1) is 17.2 Å². The average Bonchev–Trinajstić information content (AvgIpc) is 3.67. The summed E-state index contributed by atoms with van der Waals surface area (Å²) in [4.78, 5) is 26.9. The van der Waals surface area contributed by atoms with E-state index in [1.54, 1.807) is 12.1 Å². The van der Waals surface area contributed by atoms with Crippen LogP contribution in [0.5, 0.6) is 0 Å². The van der Waals surface area contributed by atoms with Crippen LogP contribution in [0.2, 0.25) is 0 Å². The molecule has 2 saturated carbocycles. The van der Waals surface area contributed by atoms with Crippen LogP contribution in [0.1, 0.15) is 117 Å². The molecule has 1 aromatic carbocycles. The lowest BCUT2D eigenvalue weighted by Gasteiger charge is -2.49. The molecule has 0 bridgehead atoms. The van der Waals surface area contributed by atoms with Gasteiger partial charge in [0.25, 0.3) is 0 Å². The third-order valence-electron chi connectivity index (χ3n) is 9.31. The van der Waals surface area contributed by atoms with Gasteiger partial charge in [-0.05, 0) is 93.5 Å². The first-order chi connectivity index (χ1) is 19.9. The van der Waals surface area contributed by atoms with Crippen LogP contribution in [-0.2, 0) is 9.53 Å². The normalized spacial score (nSPS) is 22.4. The third-order valence-corrected chi connectivity index (χ3v) is 9.31. The Kier molecular flexibility index (Phi) is 16.3. The Labute approximate surface area is 249 Å².